The van der Waals surface area contributed by atoms with E-state index in [-0.39, 0.29) is 11.6 Å². The van der Waals surface area contributed by atoms with Crippen LogP contribution in [0.2, 0.25) is 0 Å². The molecule has 0 unspecified atom stereocenters. The molecule has 0 aliphatic rings. The maximum Gasteiger partial charge on any atom is 0.360 e. The molecule has 1 heterocycles. The fraction of sp³-hybridized carbons (Fsp3) is 0.0833. The van der Waals surface area contributed by atoms with E-state index in [4.69, 9.17) is 24.1 Å². The van der Waals surface area contributed by atoms with Crippen LogP contribution in [0.4, 0.5) is 5.82 Å². The summed E-state index contributed by atoms with van der Waals surface area (Å²) in [6, 6.07) is 10.5. The number of anilines is 1. The van der Waals surface area contributed by atoms with Gasteiger partial charge in [-0.25, -0.2) is 0 Å². The Bertz CT molecular complexity index is 756. The van der Waals surface area contributed by atoms with E-state index in [9.17, 15) is 9.13 Å². The van der Waals surface area contributed by atoms with E-state index in [1.807, 2.05) is 35.6 Å². The predicted molar refractivity (Wildman–Crippen MR) is 83.4 cm³/mol. The average molecular weight is 360 g/mol. The molecular formula is C12H14N2O7P2. The van der Waals surface area contributed by atoms with Gasteiger partial charge in [0.15, 0.2) is 11.6 Å². The van der Waals surface area contributed by atoms with Gasteiger partial charge >= 0.3 is 15.2 Å². The lowest BCUT2D eigenvalue weighted by atomic mass is 10.2. The Balaban J connectivity index is 2.14. The summed E-state index contributed by atoms with van der Waals surface area (Å²) in [7, 11) is -10.2. The third-order valence-electron chi connectivity index (χ3n) is 2.68. The van der Waals surface area contributed by atoms with Crippen LogP contribution in [0.1, 0.15) is 11.3 Å². The van der Waals surface area contributed by atoms with Crippen LogP contribution in [0.25, 0.3) is 12.2 Å². The van der Waals surface area contributed by atoms with Gasteiger partial charge in [-0.3, -0.25) is 9.13 Å². The monoisotopic (exact) mass is 360 g/mol. The fourth-order valence-electron chi connectivity index (χ4n) is 1.67. The predicted octanol–water partition coefficient (Wildman–Crippen LogP) is 1.90. The first-order valence-corrected chi connectivity index (χ1v) is 9.59. The van der Waals surface area contributed by atoms with Crippen LogP contribution in [0.3, 0.4) is 0 Å². The minimum absolute atomic E-state index is 0.200. The lowest BCUT2D eigenvalue weighted by molar-refractivity contribution is 0.343. The third-order valence-corrected chi connectivity index (χ3v) is 6.02. The summed E-state index contributed by atoms with van der Waals surface area (Å²) in [4.78, 5) is 36.1. The number of hydrogen-bond donors (Lipinski definition) is 5. The van der Waals surface area contributed by atoms with Gasteiger partial charge in [0, 0.05) is 6.07 Å². The molecule has 124 valence electrons. The Labute approximate surface area is 131 Å². The van der Waals surface area contributed by atoms with Crippen molar-refractivity contribution in [3.63, 3.8) is 0 Å². The zero-order valence-corrected chi connectivity index (χ0v) is 13.3. The summed E-state index contributed by atoms with van der Waals surface area (Å²) >= 11 is 0. The van der Waals surface area contributed by atoms with E-state index in [2.05, 4.69) is 5.16 Å². The first-order valence-electron chi connectivity index (χ1n) is 6.23. The van der Waals surface area contributed by atoms with Crippen LogP contribution in [-0.2, 0) is 9.13 Å². The maximum absolute atomic E-state index is 11.2. The lowest BCUT2D eigenvalue weighted by Crippen LogP contribution is -2.20. The zero-order valence-electron chi connectivity index (χ0n) is 11.6. The van der Waals surface area contributed by atoms with Gasteiger partial charge in [0.1, 0.15) is 0 Å². The molecule has 0 amide bonds. The van der Waals surface area contributed by atoms with Crippen LogP contribution in [-0.4, -0.2) is 30.3 Å². The summed E-state index contributed by atoms with van der Waals surface area (Å²) in [5, 5.41) is 5.48. The fourth-order valence-corrected chi connectivity index (χ4v) is 3.84. The van der Waals surface area contributed by atoms with E-state index in [1.165, 1.54) is 6.07 Å². The van der Waals surface area contributed by atoms with Crippen LogP contribution in [0.5, 0.6) is 0 Å². The van der Waals surface area contributed by atoms with Gasteiger partial charge in [0.05, 0.1) is 0 Å². The van der Waals surface area contributed by atoms with Crippen molar-refractivity contribution in [1.29, 1.82) is 0 Å². The molecule has 0 bridgehead atoms. The van der Waals surface area contributed by atoms with Gasteiger partial charge in [0.25, 0.3) is 0 Å². The summed E-state index contributed by atoms with van der Waals surface area (Å²) < 4.78 is 27.2. The molecule has 5 N–H and O–H groups in total. The van der Waals surface area contributed by atoms with E-state index in [0.717, 1.165) is 5.56 Å². The van der Waals surface area contributed by atoms with Crippen LogP contribution >= 0.6 is 15.2 Å². The van der Waals surface area contributed by atoms with E-state index in [1.54, 1.807) is 12.2 Å². The van der Waals surface area contributed by atoms with Crippen LogP contribution in [0.15, 0.2) is 40.9 Å². The summed E-state index contributed by atoms with van der Waals surface area (Å²) in [6.45, 7) is 0. The molecule has 0 aliphatic carbocycles. The van der Waals surface area contributed by atoms with E-state index < -0.39 is 20.7 Å². The Morgan fingerprint density at radius 3 is 2.22 bits per heavy atom. The molecule has 0 aliphatic heterocycles. The highest BCUT2D eigenvalue weighted by atomic mass is 31.2. The maximum atomic E-state index is 11.2. The number of nitrogens with one attached hydrogen (secondary N) is 1. The molecular weight excluding hydrogens is 346 g/mol. The van der Waals surface area contributed by atoms with E-state index in [0.29, 0.717) is 0 Å². The molecule has 0 saturated heterocycles. The first-order chi connectivity index (χ1) is 10.7. The highest BCUT2D eigenvalue weighted by Gasteiger charge is 2.44. The lowest BCUT2D eigenvalue weighted by Gasteiger charge is -2.19. The Kier molecular flexibility index (Phi) is 5.21. The summed E-state index contributed by atoms with van der Waals surface area (Å²) in [6.07, 6.45) is 3.27. The van der Waals surface area contributed by atoms with Gasteiger partial charge in [-0.1, -0.05) is 41.6 Å². The quantitative estimate of drug-likeness (QED) is 0.486. The second-order valence-electron chi connectivity index (χ2n) is 4.55. The second-order valence-corrected chi connectivity index (χ2v) is 8.35. The van der Waals surface area contributed by atoms with Crippen molar-refractivity contribution in [1.82, 2.24) is 5.16 Å². The topological polar surface area (TPSA) is 153 Å². The third kappa shape index (κ3) is 5.14. The molecule has 0 fully saturated rings. The number of hydrogen-bond acceptors (Lipinski definition) is 5. The smallest absolute Gasteiger partial charge is 0.355 e. The Hall–Kier alpha value is -1.73. The van der Waals surface area contributed by atoms with Crippen molar-refractivity contribution in [2.75, 3.05) is 5.32 Å². The molecule has 11 heteroatoms. The van der Waals surface area contributed by atoms with E-state index >= 15 is 0 Å². The standard InChI is InChI=1S/C12H14N2O7P2/c15-22(16,17)12(23(18,19)20)13-11-8-10(21-14-11)7-6-9-4-2-1-3-5-9/h1-8,12H,(H,13,14)(H2,15,16,17)(H2,18,19,20). The molecule has 0 radical (unpaired) electrons. The van der Waals surface area contributed by atoms with Gasteiger partial charge in [-0.15, -0.1) is 0 Å². The summed E-state index contributed by atoms with van der Waals surface area (Å²) in [5.74, 6) is 0.0425. The van der Waals surface area contributed by atoms with Crippen molar-refractivity contribution in [2.45, 2.75) is 5.52 Å². The molecule has 1 aromatic carbocycles. The largest absolute Gasteiger partial charge is 0.360 e. The highest BCUT2D eigenvalue weighted by Crippen LogP contribution is 2.59. The normalized spacial score (nSPS) is 12.9. The minimum Gasteiger partial charge on any atom is -0.355 e. The van der Waals surface area contributed by atoms with Crippen molar-refractivity contribution in [3.8, 4) is 0 Å². The van der Waals surface area contributed by atoms with Crippen LogP contribution in [0, 0.1) is 0 Å². The van der Waals surface area contributed by atoms with Gasteiger partial charge < -0.3 is 29.4 Å². The number of nitrogens with zero attached hydrogens (tertiary/aromatic N) is 1. The van der Waals surface area contributed by atoms with Gasteiger partial charge in [0.2, 0.25) is 5.52 Å². The molecule has 0 saturated carbocycles. The molecule has 0 atom stereocenters. The highest BCUT2D eigenvalue weighted by molar-refractivity contribution is 7.71. The number of rotatable bonds is 6. The Morgan fingerprint density at radius 1 is 1.04 bits per heavy atom. The molecule has 0 spiro atoms. The molecule has 9 nitrogen and oxygen atoms in total. The zero-order chi connectivity index (χ0) is 17.1. The molecule has 2 aromatic rings. The number of aromatic nitrogens is 1. The second kappa shape index (κ2) is 6.80. The van der Waals surface area contributed by atoms with Crippen molar-refractivity contribution in [3.05, 3.63) is 47.7 Å². The van der Waals surface area contributed by atoms with Crippen molar-refractivity contribution < 1.29 is 33.2 Å². The van der Waals surface area contributed by atoms with Crippen molar-refractivity contribution in [2.24, 2.45) is 0 Å². The molecule has 23 heavy (non-hydrogen) atoms. The SMILES string of the molecule is O=P(O)(O)C(Nc1cc(C=Cc2ccccc2)on1)P(=O)(O)O. The molecule has 2 rings (SSSR count). The van der Waals surface area contributed by atoms with Gasteiger partial charge in [-0.2, -0.15) is 0 Å². The van der Waals surface area contributed by atoms with Gasteiger partial charge in [-0.05, 0) is 11.6 Å². The molecule has 1 aromatic heterocycles. The van der Waals surface area contributed by atoms with Crippen molar-refractivity contribution >= 4 is 33.2 Å². The average Bonchev–Trinajstić information content (AvgIpc) is 2.89. The summed E-state index contributed by atoms with van der Waals surface area (Å²) in [5.41, 5.74) is -1.49. The first kappa shape index (κ1) is 17.6. The minimum atomic E-state index is -5.09. The number of benzene rings is 1. The van der Waals surface area contributed by atoms with Crippen LogP contribution < -0.4 is 5.32 Å². The Morgan fingerprint density at radius 2 is 1.65 bits per heavy atom.